The summed E-state index contributed by atoms with van der Waals surface area (Å²) in [6.45, 7) is 0.836. The predicted octanol–water partition coefficient (Wildman–Crippen LogP) is 2.94. The van der Waals surface area contributed by atoms with Gasteiger partial charge in [-0.05, 0) is 36.5 Å². The van der Waals surface area contributed by atoms with Crippen LogP contribution in [0.2, 0.25) is 5.02 Å². The molecule has 0 saturated heterocycles. The highest BCUT2D eigenvalue weighted by Gasteiger charge is 2.28. The summed E-state index contributed by atoms with van der Waals surface area (Å²) in [4.78, 5) is 4.23. The molecule has 1 fully saturated rings. The molecule has 0 aliphatic heterocycles. The number of hydrogen-bond donors (Lipinski definition) is 1. The first kappa shape index (κ1) is 11.8. The van der Waals surface area contributed by atoms with Crippen LogP contribution < -0.4 is 5.73 Å². The molecule has 1 aromatic carbocycles. The van der Waals surface area contributed by atoms with Gasteiger partial charge in [-0.1, -0.05) is 23.7 Å². The molecule has 18 heavy (non-hydrogen) atoms. The Hall–Kier alpha value is -1.32. The van der Waals surface area contributed by atoms with Gasteiger partial charge in [-0.2, -0.15) is 0 Å². The molecule has 2 N–H and O–H groups in total. The minimum absolute atomic E-state index is 0.241. The van der Waals surface area contributed by atoms with Crippen molar-refractivity contribution in [1.29, 1.82) is 0 Å². The Labute approximate surface area is 112 Å². The van der Waals surface area contributed by atoms with Crippen LogP contribution in [0.4, 0.5) is 0 Å². The maximum absolute atomic E-state index is 6.17. The molecule has 3 rings (SSSR count). The van der Waals surface area contributed by atoms with Crippen molar-refractivity contribution >= 4 is 11.6 Å². The lowest BCUT2D eigenvalue weighted by atomic mass is 10.1. The summed E-state index contributed by atoms with van der Waals surface area (Å²) < 4.78 is 2.13. The molecular weight excluding hydrogens is 246 g/mol. The average Bonchev–Trinajstić information content (AvgIpc) is 3.12. The van der Waals surface area contributed by atoms with Crippen molar-refractivity contribution < 1.29 is 0 Å². The van der Waals surface area contributed by atoms with E-state index in [1.54, 1.807) is 0 Å². The van der Waals surface area contributed by atoms with E-state index < -0.39 is 0 Å². The molecule has 0 bridgehead atoms. The van der Waals surface area contributed by atoms with Crippen LogP contribution in [0.1, 0.15) is 12.8 Å². The van der Waals surface area contributed by atoms with Crippen molar-refractivity contribution in [3.63, 3.8) is 0 Å². The zero-order chi connectivity index (χ0) is 12.5. The number of benzene rings is 1. The van der Waals surface area contributed by atoms with E-state index in [-0.39, 0.29) is 6.04 Å². The number of imidazole rings is 1. The number of rotatable bonds is 4. The lowest BCUT2D eigenvalue weighted by molar-refractivity contribution is 0.505. The predicted molar refractivity (Wildman–Crippen MR) is 73.4 cm³/mol. The van der Waals surface area contributed by atoms with E-state index in [9.17, 15) is 0 Å². The van der Waals surface area contributed by atoms with E-state index in [4.69, 9.17) is 17.3 Å². The van der Waals surface area contributed by atoms with Crippen LogP contribution in [0, 0.1) is 5.92 Å². The van der Waals surface area contributed by atoms with Gasteiger partial charge in [0.25, 0.3) is 0 Å². The molecule has 3 nitrogen and oxygen atoms in total. The highest BCUT2D eigenvalue weighted by Crippen LogP contribution is 2.32. The molecule has 0 radical (unpaired) electrons. The summed E-state index contributed by atoms with van der Waals surface area (Å²) >= 11 is 5.90. The number of aromatic nitrogens is 2. The van der Waals surface area contributed by atoms with E-state index in [2.05, 4.69) is 9.55 Å². The van der Waals surface area contributed by atoms with E-state index in [0.29, 0.717) is 5.92 Å². The molecule has 0 amide bonds. The molecule has 0 spiro atoms. The molecule has 4 heteroatoms. The molecule has 1 aliphatic rings. The second kappa shape index (κ2) is 4.75. The first-order valence-electron chi connectivity index (χ1n) is 6.25. The molecule has 1 aliphatic carbocycles. The Bertz CT molecular complexity index is 528. The van der Waals surface area contributed by atoms with Gasteiger partial charge in [-0.3, -0.25) is 0 Å². The molecule has 94 valence electrons. The second-order valence-corrected chi connectivity index (χ2v) is 5.38. The summed E-state index contributed by atoms with van der Waals surface area (Å²) in [6.07, 6.45) is 6.27. The van der Waals surface area contributed by atoms with Crippen LogP contribution in [-0.4, -0.2) is 15.6 Å². The van der Waals surface area contributed by atoms with Gasteiger partial charge < -0.3 is 10.3 Å². The van der Waals surface area contributed by atoms with E-state index in [0.717, 1.165) is 22.8 Å². The van der Waals surface area contributed by atoms with E-state index in [1.807, 2.05) is 36.8 Å². The lowest BCUT2D eigenvalue weighted by Crippen LogP contribution is -2.28. The lowest BCUT2D eigenvalue weighted by Gasteiger charge is -2.14. The van der Waals surface area contributed by atoms with Gasteiger partial charge in [0.1, 0.15) is 0 Å². The smallest absolute Gasteiger partial charge is 0.0951 e. The van der Waals surface area contributed by atoms with Gasteiger partial charge in [0.05, 0.1) is 18.2 Å². The Morgan fingerprint density at radius 2 is 2.06 bits per heavy atom. The van der Waals surface area contributed by atoms with Crippen LogP contribution in [-0.2, 0) is 6.54 Å². The SMILES string of the molecule is NC(Cn1cncc1-c1ccc(Cl)cc1)C1CC1. The monoisotopic (exact) mass is 261 g/mol. The van der Waals surface area contributed by atoms with Crippen LogP contribution in [0.25, 0.3) is 11.3 Å². The highest BCUT2D eigenvalue weighted by atomic mass is 35.5. The zero-order valence-corrected chi connectivity index (χ0v) is 10.8. The molecule has 1 heterocycles. The van der Waals surface area contributed by atoms with E-state index in [1.165, 1.54) is 12.8 Å². The largest absolute Gasteiger partial charge is 0.329 e. The maximum Gasteiger partial charge on any atom is 0.0951 e. The van der Waals surface area contributed by atoms with Crippen molar-refractivity contribution in [2.24, 2.45) is 11.7 Å². The van der Waals surface area contributed by atoms with Gasteiger partial charge in [0.15, 0.2) is 0 Å². The van der Waals surface area contributed by atoms with Gasteiger partial charge in [0, 0.05) is 17.6 Å². The Balaban J connectivity index is 1.83. The Morgan fingerprint density at radius 3 is 2.72 bits per heavy atom. The molecule has 1 aromatic heterocycles. The van der Waals surface area contributed by atoms with Gasteiger partial charge >= 0.3 is 0 Å². The van der Waals surface area contributed by atoms with Gasteiger partial charge in [-0.15, -0.1) is 0 Å². The van der Waals surface area contributed by atoms with Crippen LogP contribution in [0.5, 0.6) is 0 Å². The third kappa shape index (κ3) is 2.42. The summed E-state index contributed by atoms with van der Waals surface area (Å²) in [5.74, 6) is 0.700. The second-order valence-electron chi connectivity index (χ2n) is 4.94. The maximum atomic E-state index is 6.17. The minimum Gasteiger partial charge on any atom is -0.329 e. The minimum atomic E-state index is 0.241. The third-order valence-corrected chi connectivity index (χ3v) is 3.74. The van der Waals surface area contributed by atoms with Crippen LogP contribution in [0.3, 0.4) is 0 Å². The fourth-order valence-electron chi connectivity index (χ4n) is 2.23. The summed E-state index contributed by atoms with van der Waals surface area (Å²) in [5.41, 5.74) is 8.40. The number of nitrogens with two attached hydrogens (primary N) is 1. The summed E-state index contributed by atoms with van der Waals surface area (Å²) in [7, 11) is 0. The quantitative estimate of drug-likeness (QED) is 0.920. The Morgan fingerprint density at radius 1 is 1.33 bits per heavy atom. The Kier molecular flexibility index (Phi) is 3.10. The molecule has 1 unspecified atom stereocenters. The highest BCUT2D eigenvalue weighted by molar-refractivity contribution is 6.30. The molecule has 1 saturated carbocycles. The fraction of sp³-hybridized carbons (Fsp3) is 0.357. The summed E-state index contributed by atoms with van der Waals surface area (Å²) in [6, 6.07) is 8.06. The van der Waals surface area contributed by atoms with E-state index >= 15 is 0 Å². The summed E-state index contributed by atoms with van der Waals surface area (Å²) in [5, 5.41) is 0.750. The number of nitrogens with zero attached hydrogens (tertiary/aromatic N) is 2. The average molecular weight is 262 g/mol. The topological polar surface area (TPSA) is 43.8 Å². The molecule has 1 atom stereocenters. The normalized spacial score (nSPS) is 16.8. The van der Waals surface area contributed by atoms with Crippen molar-refractivity contribution in [2.75, 3.05) is 0 Å². The number of hydrogen-bond acceptors (Lipinski definition) is 2. The standard InChI is InChI=1S/C14H16ClN3/c15-12-5-3-11(4-6-12)14-7-17-9-18(14)8-13(16)10-1-2-10/h3-7,9-10,13H,1-2,8,16H2. The molecule has 2 aromatic rings. The molecular formula is C14H16ClN3. The first-order valence-corrected chi connectivity index (χ1v) is 6.63. The van der Waals surface area contributed by atoms with Gasteiger partial charge in [-0.25, -0.2) is 4.98 Å². The number of halogens is 1. The van der Waals surface area contributed by atoms with Crippen molar-refractivity contribution in [1.82, 2.24) is 9.55 Å². The van der Waals surface area contributed by atoms with Crippen molar-refractivity contribution in [2.45, 2.75) is 25.4 Å². The van der Waals surface area contributed by atoms with Crippen LogP contribution >= 0.6 is 11.6 Å². The van der Waals surface area contributed by atoms with Gasteiger partial charge in [0.2, 0.25) is 0 Å². The van der Waals surface area contributed by atoms with Crippen LogP contribution in [0.15, 0.2) is 36.8 Å². The van der Waals surface area contributed by atoms with Crippen molar-refractivity contribution in [3.8, 4) is 11.3 Å². The fourth-order valence-corrected chi connectivity index (χ4v) is 2.35. The first-order chi connectivity index (χ1) is 8.74. The zero-order valence-electron chi connectivity index (χ0n) is 10.1. The third-order valence-electron chi connectivity index (χ3n) is 3.49. The van der Waals surface area contributed by atoms with Crippen molar-refractivity contribution in [3.05, 3.63) is 41.8 Å².